The minimum Gasteiger partial charge on any atom is -0.454 e. The number of ether oxygens (including phenoxy) is 1. The van der Waals surface area contributed by atoms with Crippen molar-refractivity contribution in [3.8, 4) is 0 Å². The minimum absolute atomic E-state index is 0.0758. The van der Waals surface area contributed by atoms with Gasteiger partial charge in [0, 0.05) is 11.0 Å². The normalized spacial score (nSPS) is 12.2. The molecular weight excluding hydrogens is 476 g/mol. The number of hydrogen-bond acceptors (Lipinski definition) is 6. The standard InChI is InChI=1S/C20H23BrN2O6S/c21-16-8-10-17(11-9-16)30(27,28)23-18(13-24)20(26)29-14-19(25)22-12-4-7-15-5-2-1-3-6-15/h1-3,5-6,8-11,18,23-24H,4,7,12-14H2,(H,22,25). The van der Waals surface area contributed by atoms with Crippen LogP contribution in [0.2, 0.25) is 0 Å². The van der Waals surface area contributed by atoms with Crippen LogP contribution in [0.4, 0.5) is 0 Å². The van der Waals surface area contributed by atoms with Crippen LogP contribution in [0.1, 0.15) is 12.0 Å². The summed E-state index contributed by atoms with van der Waals surface area (Å²) in [6.45, 7) is -0.973. The molecule has 0 aliphatic rings. The van der Waals surface area contributed by atoms with Gasteiger partial charge in [0.05, 0.1) is 11.5 Å². The predicted molar refractivity (Wildman–Crippen MR) is 114 cm³/mol. The van der Waals surface area contributed by atoms with Gasteiger partial charge in [-0.15, -0.1) is 0 Å². The van der Waals surface area contributed by atoms with Crippen LogP contribution in [0.3, 0.4) is 0 Å². The van der Waals surface area contributed by atoms with Gasteiger partial charge < -0.3 is 15.2 Å². The fourth-order valence-corrected chi connectivity index (χ4v) is 3.92. The van der Waals surface area contributed by atoms with Gasteiger partial charge in [-0.25, -0.2) is 8.42 Å². The summed E-state index contributed by atoms with van der Waals surface area (Å²) in [5.74, 6) is -1.55. The smallest absolute Gasteiger partial charge is 0.327 e. The first kappa shape index (κ1) is 24.0. The molecule has 162 valence electrons. The quantitative estimate of drug-likeness (QED) is 0.317. The van der Waals surface area contributed by atoms with E-state index < -0.39 is 41.2 Å². The Hall–Kier alpha value is -2.27. The predicted octanol–water partition coefficient (Wildman–Crippen LogP) is 1.38. The maximum absolute atomic E-state index is 12.3. The zero-order valence-electron chi connectivity index (χ0n) is 16.1. The molecule has 2 aromatic carbocycles. The molecule has 0 aromatic heterocycles. The molecule has 3 N–H and O–H groups in total. The van der Waals surface area contributed by atoms with E-state index in [1.54, 1.807) is 0 Å². The van der Waals surface area contributed by atoms with Crippen molar-refractivity contribution in [2.75, 3.05) is 19.8 Å². The maximum atomic E-state index is 12.3. The van der Waals surface area contributed by atoms with E-state index in [1.807, 2.05) is 30.3 Å². The molecule has 10 heteroatoms. The van der Waals surface area contributed by atoms with E-state index in [-0.39, 0.29) is 4.90 Å². The molecular formula is C20H23BrN2O6S. The molecule has 8 nitrogen and oxygen atoms in total. The van der Waals surface area contributed by atoms with Gasteiger partial charge in [0.2, 0.25) is 10.0 Å². The van der Waals surface area contributed by atoms with Crippen molar-refractivity contribution >= 4 is 37.8 Å². The van der Waals surface area contributed by atoms with E-state index in [9.17, 15) is 23.1 Å². The van der Waals surface area contributed by atoms with Crippen molar-refractivity contribution in [1.82, 2.24) is 10.0 Å². The molecule has 1 unspecified atom stereocenters. The molecule has 30 heavy (non-hydrogen) atoms. The number of carbonyl (C=O) groups is 2. The van der Waals surface area contributed by atoms with Gasteiger partial charge in [0.15, 0.2) is 6.61 Å². The van der Waals surface area contributed by atoms with Gasteiger partial charge in [-0.1, -0.05) is 46.3 Å². The zero-order valence-corrected chi connectivity index (χ0v) is 18.5. The second kappa shape index (κ2) is 11.8. The molecule has 0 fully saturated rings. The van der Waals surface area contributed by atoms with Gasteiger partial charge in [-0.05, 0) is 42.7 Å². The molecule has 0 bridgehead atoms. The van der Waals surface area contributed by atoms with Gasteiger partial charge >= 0.3 is 5.97 Å². The van der Waals surface area contributed by atoms with Crippen LogP contribution in [0.25, 0.3) is 0 Å². The number of carbonyl (C=O) groups excluding carboxylic acids is 2. The first-order chi connectivity index (χ1) is 14.3. The number of halogens is 1. The molecule has 1 amide bonds. The van der Waals surface area contributed by atoms with Crippen LogP contribution in [0.15, 0.2) is 64.0 Å². The van der Waals surface area contributed by atoms with Gasteiger partial charge in [-0.2, -0.15) is 4.72 Å². The Morgan fingerprint density at radius 1 is 1.07 bits per heavy atom. The van der Waals surface area contributed by atoms with Crippen LogP contribution < -0.4 is 10.0 Å². The Labute approximate surface area is 183 Å². The van der Waals surface area contributed by atoms with Gasteiger partial charge in [0.25, 0.3) is 5.91 Å². The highest BCUT2D eigenvalue weighted by Crippen LogP contribution is 2.15. The monoisotopic (exact) mass is 498 g/mol. The second-order valence-corrected chi connectivity index (χ2v) is 8.99. The minimum atomic E-state index is -4.05. The number of hydrogen-bond donors (Lipinski definition) is 3. The molecule has 0 saturated carbocycles. The molecule has 0 saturated heterocycles. The highest BCUT2D eigenvalue weighted by molar-refractivity contribution is 9.10. The van der Waals surface area contributed by atoms with Gasteiger partial charge in [-0.3, -0.25) is 9.59 Å². The van der Waals surface area contributed by atoms with Crippen molar-refractivity contribution in [2.24, 2.45) is 0 Å². The number of amides is 1. The molecule has 0 aliphatic heterocycles. The van der Waals surface area contributed by atoms with Gasteiger partial charge in [0.1, 0.15) is 6.04 Å². The van der Waals surface area contributed by atoms with Crippen LogP contribution in [0, 0.1) is 0 Å². The Morgan fingerprint density at radius 3 is 2.37 bits per heavy atom. The largest absolute Gasteiger partial charge is 0.454 e. The molecule has 2 aromatic rings. The van der Waals surface area contributed by atoms with E-state index in [1.165, 1.54) is 24.3 Å². The molecule has 0 heterocycles. The summed E-state index contributed by atoms with van der Waals surface area (Å²) in [4.78, 5) is 23.8. The highest BCUT2D eigenvalue weighted by atomic mass is 79.9. The maximum Gasteiger partial charge on any atom is 0.327 e. The first-order valence-electron chi connectivity index (χ1n) is 9.18. The van der Waals surface area contributed by atoms with E-state index in [4.69, 9.17) is 4.74 Å². The topological polar surface area (TPSA) is 122 Å². The lowest BCUT2D eigenvalue weighted by molar-refractivity contribution is -0.151. The van der Waals surface area contributed by atoms with E-state index in [2.05, 4.69) is 26.0 Å². The Balaban J connectivity index is 1.76. The van der Waals surface area contributed by atoms with E-state index >= 15 is 0 Å². The van der Waals surface area contributed by atoms with Crippen molar-refractivity contribution in [1.29, 1.82) is 0 Å². The molecule has 0 aliphatic carbocycles. The third kappa shape index (κ3) is 7.86. The molecule has 0 radical (unpaired) electrons. The Morgan fingerprint density at radius 2 is 1.73 bits per heavy atom. The molecule has 0 spiro atoms. The van der Waals surface area contributed by atoms with E-state index in [0.29, 0.717) is 11.0 Å². The number of rotatable bonds is 11. The van der Waals surface area contributed by atoms with Crippen molar-refractivity contribution < 1.29 is 27.9 Å². The number of aliphatic hydroxyl groups is 1. The molecule has 2 rings (SSSR count). The summed E-state index contributed by atoms with van der Waals surface area (Å²) >= 11 is 3.20. The Bertz CT molecular complexity index is 936. The number of esters is 1. The van der Waals surface area contributed by atoms with Crippen molar-refractivity contribution in [2.45, 2.75) is 23.8 Å². The summed E-state index contributed by atoms with van der Waals surface area (Å²) in [6, 6.07) is 14.0. The number of aryl methyl sites for hydroxylation is 1. The van der Waals surface area contributed by atoms with Crippen molar-refractivity contribution in [3.05, 3.63) is 64.6 Å². The van der Waals surface area contributed by atoms with Crippen LogP contribution >= 0.6 is 15.9 Å². The number of nitrogens with one attached hydrogen (secondary N) is 2. The summed E-state index contributed by atoms with van der Waals surface area (Å²) in [7, 11) is -4.05. The third-order valence-electron chi connectivity index (χ3n) is 4.04. The van der Waals surface area contributed by atoms with Crippen LogP contribution in [-0.4, -0.2) is 51.2 Å². The lowest BCUT2D eigenvalue weighted by atomic mass is 10.1. The lowest BCUT2D eigenvalue weighted by Crippen LogP contribution is -2.45. The fourth-order valence-electron chi connectivity index (χ4n) is 2.48. The van der Waals surface area contributed by atoms with Crippen LogP contribution in [-0.2, 0) is 30.8 Å². The average Bonchev–Trinajstić information content (AvgIpc) is 2.74. The number of sulfonamides is 1. The third-order valence-corrected chi connectivity index (χ3v) is 6.06. The van der Waals surface area contributed by atoms with E-state index in [0.717, 1.165) is 18.4 Å². The Kier molecular flexibility index (Phi) is 9.44. The van der Waals surface area contributed by atoms with Crippen molar-refractivity contribution in [3.63, 3.8) is 0 Å². The summed E-state index contributed by atoms with van der Waals surface area (Å²) in [5, 5.41) is 12.0. The SMILES string of the molecule is O=C(COC(=O)C(CO)NS(=O)(=O)c1ccc(Br)cc1)NCCCc1ccccc1. The highest BCUT2D eigenvalue weighted by Gasteiger charge is 2.26. The summed E-state index contributed by atoms with van der Waals surface area (Å²) in [5.41, 5.74) is 1.15. The molecule has 1 atom stereocenters. The summed E-state index contributed by atoms with van der Waals surface area (Å²) < 4.78 is 32.2. The summed E-state index contributed by atoms with van der Waals surface area (Å²) in [6.07, 6.45) is 1.52. The fraction of sp³-hybridized carbons (Fsp3) is 0.300. The zero-order chi connectivity index (χ0) is 22.0. The van der Waals surface area contributed by atoms with Crippen LogP contribution in [0.5, 0.6) is 0 Å². The lowest BCUT2D eigenvalue weighted by Gasteiger charge is -2.15. The number of aliphatic hydroxyl groups excluding tert-OH is 1. The second-order valence-electron chi connectivity index (χ2n) is 6.36. The first-order valence-corrected chi connectivity index (χ1v) is 11.5. The number of benzene rings is 2. The average molecular weight is 499 g/mol.